The monoisotopic (exact) mass is 314 g/mol. The highest BCUT2D eigenvalue weighted by molar-refractivity contribution is 7.91. The first-order chi connectivity index (χ1) is 8.62. The molecule has 2 N–H and O–H groups in total. The van der Waals surface area contributed by atoms with Gasteiger partial charge >= 0.3 is 5.97 Å². The normalized spacial score (nSPS) is 23.4. The topological polar surface area (TPSA) is 121 Å². The predicted molar refractivity (Wildman–Crippen MR) is 68.6 cm³/mol. The van der Waals surface area contributed by atoms with Gasteiger partial charge in [-0.15, -0.1) is 0 Å². The van der Waals surface area contributed by atoms with Crippen LogP contribution < -0.4 is 4.72 Å². The molecule has 0 amide bonds. The van der Waals surface area contributed by atoms with Gasteiger partial charge in [0.05, 0.1) is 17.9 Å². The van der Waals surface area contributed by atoms with Crippen LogP contribution in [0.5, 0.6) is 0 Å². The number of hydrogen-bond donors (Lipinski definition) is 2. The van der Waals surface area contributed by atoms with E-state index in [1.807, 2.05) is 0 Å². The van der Waals surface area contributed by atoms with Gasteiger partial charge in [0.25, 0.3) is 10.2 Å². The molecule has 0 aromatic heterocycles. The minimum absolute atomic E-state index is 0.0834. The van der Waals surface area contributed by atoms with Crippen LogP contribution in [0, 0.1) is 0 Å². The average molecular weight is 314 g/mol. The molecule has 1 unspecified atom stereocenters. The van der Waals surface area contributed by atoms with Crippen molar-refractivity contribution in [2.75, 3.05) is 25.1 Å². The van der Waals surface area contributed by atoms with Crippen LogP contribution in [0.2, 0.25) is 0 Å². The molecule has 10 heteroatoms. The Morgan fingerprint density at radius 3 is 2.63 bits per heavy atom. The first-order valence-corrected chi connectivity index (χ1v) is 9.04. The SMILES string of the molecule is CN(CCC(=O)O)S(=O)(=O)NC1CCCS(=O)(=O)C1. The lowest BCUT2D eigenvalue weighted by Gasteiger charge is -2.25. The summed E-state index contributed by atoms with van der Waals surface area (Å²) >= 11 is 0. The lowest BCUT2D eigenvalue weighted by molar-refractivity contribution is -0.137. The smallest absolute Gasteiger partial charge is 0.304 e. The summed E-state index contributed by atoms with van der Waals surface area (Å²) in [4.78, 5) is 10.4. The summed E-state index contributed by atoms with van der Waals surface area (Å²) in [5.74, 6) is -1.22. The van der Waals surface area contributed by atoms with Crippen molar-refractivity contribution in [1.82, 2.24) is 9.03 Å². The van der Waals surface area contributed by atoms with E-state index in [4.69, 9.17) is 5.11 Å². The van der Waals surface area contributed by atoms with E-state index in [9.17, 15) is 21.6 Å². The molecule has 1 atom stereocenters. The van der Waals surface area contributed by atoms with Crippen LogP contribution in [0.1, 0.15) is 19.3 Å². The van der Waals surface area contributed by atoms with Crippen molar-refractivity contribution < 1.29 is 26.7 Å². The third-order valence-electron chi connectivity index (χ3n) is 2.83. The second-order valence-corrected chi connectivity index (χ2v) is 8.58. The molecule has 0 saturated carbocycles. The molecule has 0 aromatic rings. The van der Waals surface area contributed by atoms with E-state index in [0.717, 1.165) is 4.31 Å². The van der Waals surface area contributed by atoms with Crippen LogP contribution in [0.15, 0.2) is 0 Å². The van der Waals surface area contributed by atoms with Gasteiger partial charge in [0.1, 0.15) is 0 Å². The molecule has 0 radical (unpaired) electrons. The number of carboxylic acid groups (broad SMARTS) is 1. The van der Waals surface area contributed by atoms with E-state index >= 15 is 0 Å². The van der Waals surface area contributed by atoms with Crippen molar-refractivity contribution in [3.05, 3.63) is 0 Å². The molecule has 19 heavy (non-hydrogen) atoms. The molecule has 0 aliphatic carbocycles. The molecular weight excluding hydrogens is 296 g/mol. The van der Waals surface area contributed by atoms with Gasteiger partial charge in [-0.05, 0) is 12.8 Å². The number of carbonyl (C=O) groups is 1. The van der Waals surface area contributed by atoms with Crippen LogP contribution in [0.3, 0.4) is 0 Å². The standard InChI is InChI=1S/C9H18N2O6S2/c1-11(5-4-9(12)13)19(16,17)10-8-3-2-6-18(14,15)7-8/h8,10H,2-7H2,1H3,(H,12,13). The Morgan fingerprint density at radius 1 is 1.47 bits per heavy atom. The molecule has 8 nitrogen and oxygen atoms in total. The number of nitrogens with one attached hydrogen (secondary N) is 1. The van der Waals surface area contributed by atoms with Crippen LogP contribution in [0.25, 0.3) is 0 Å². The van der Waals surface area contributed by atoms with E-state index in [1.165, 1.54) is 7.05 Å². The van der Waals surface area contributed by atoms with Crippen LogP contribution >= 0.6 is 0 Å². The fraction of sp³-hybridized carbons (Fsp3) is 0.889. The van der Waals surface area contributed by atoms with E-state index in [2.05, 4.69) is 4.72 Å². The van der Waals surface area contributed by atoms with Crippen molar-refractivity contribution in [1.29, 1.82) is 0 Å². The van der Waals surface area contributed by atoms with Gasteiger partial charge in [0.15, 0.2) is 9.84 Å². The summed E-state index contributed by atoms with van der Waals surface area (Å²) in [7, 11) is -5.79. The highest BCUT2D eigenvalue weighted by atomic mass is 32.2. The number of rotatable bonds is 6. The molecule has 0 spiro atoms. The summed E-state index contributed by atoms with van der Waals surface area (Å²) < 4.78 is 49.7. The first kappa shape index (κ1) is 16.3. The number of carboxylic acids is 1. The largest absolute Gasteiger partial charge is 0.481 e. The van der Waals surface area contributed by atoms with Gasteiger partial charge in [0.2, 0.25) is 0 Å². The van der Waals surface area contributed by atoms with Crippen molar-refractivity contribution in [2.24, 2.45) is 0 Å². The number of nitrogens with zero attached hydrogens (tertiary/aromatic N) is 1. The van der Waals surface area contributed by atoms with Gasteiger partial charge in [-0.3, -0.25) is 4.79 Å². The Morgan fingerprint density at radius 2 is 2.11 bits per heavy atom. The minimum Gasteiger partial charge on any atom is -0.481 e. The van der Waals surface area contributed by atoms with E-state index < -0.39 is 32.1 Å². The van der Waals surface area contributed by atoms with E-state index in [0.29, 0.717) is 12.8 Å². The summed E-state index contributed by atoms with van der Waals surface area (Å²) in [6.07, 6.45) is 0.583. The fourth-order valence-electron chi connectivity index (χ4n) is 1.79. The molecule has 0 aromatic carbocycles. The van der Waals surface area contributed by atoms with Crippen molar-refractivity contribution >= 4 is 26.0 Å². The van der Waals surface area contributed by atoms with E-state index in [1.54, 1.807) is 0 Å². The lowest BCUT2D eigenvalue weighted by atomic mass is 10.2. The average Bonchev–Trinajstić information content (AvgIpc) is 2.23. The zero-order valence-corrected chi connectivity index (χ0v) is 12.2. The maximum atomic E-state index is 11.8. The second kappa shape index (κ2) is 6.16. The molecule has 1 rings (SSSR count). The molecule has 1 heterocycles. The van der Waals surface area contributed by atoms with Gasteiger partial charge in [-0.25, -0.2) is 8.42 Å². The maximum absolute atomic E-state index is 11.8. The maximum Gasteiger partial charge on any atom is 0.304 e. The van der Waals surface area contributed by atoms with Crippen molar-refractivity contribution in [3.63, 3.8) is 0 Å². The summed E-state index contributed by atoms with van der Waals surface area (Å²) in [6, 6.07) is -0.643. The van der Waals surface area contributed by atoms with Gasteiger partial charge in [-0.1, -0.05) is 0 Å². The summed E-state index contributed by atoms with van der Waals surface area (Å²) in [5, 5.41) is 8.50. The molecule has 0 bridgehead atoms. The Labute approximate surface area is 112 Å². The zero-order valence-electron chi connectivity index (χ0n) is 10.6. The van der Waals surface area contributed by atoms with Gasteiger partial charge in [0, 0.05) is 19.6 Å². The Balaban J connectivity index is 2.61. The minimum atomic E-state index is -3.85. The molecule has 1 fully saturated rings. The summed E-state index contributed by atoms with van der Waals surface area (Å²) in [5.41, 5.74) is 0. The number of aliphatic carboxylic acids is 1. The number of sulfone groups is 1. The van der Waals surface area contributed by atoms with Gasteiger partial charge in [-0.2, -0.15) is 17.4 Å². The molecule has 112 valence electrons. The van der Waals surface area contributed by atoms with Crippen LogP contribution in [-0.2, 0) is 24.8 Å². The second-order valence-electron chi connectivity index (χ2n) is 4.54. The van der Waals surface area contributed by atoms with E-state index in [-0.39, 0.29) is 24.5 Å². The lowest BCUT2D eigenvalue weighted by Crippen LogP contribution is -2.48. The Bertz CT molecular complexity index is 527. The van der Waals surface area contributed by atoms with Crippen molar-refractivity contribution in [2.45, 2.75) is 25.3 Å². The van der Waals surface area contributed by atoms with Crippen molar-refractivity contribution in [3.8, 4) is 0 Å². The quantitative estimate of drug-likeness (QED) is 0.635. The predicted octanol–water partition coefficient (Wildman–Crippen LogP) is -1.20. The first-order valence-electron chi connectivity index (χ1n) is 5.78. The van der Waals surface area contributed by atoms with Crippen LogP contribution in [0.4, 0.5) is 0 Å². The van der Waals surface area contributed by atoms with Crippen LogP contribution in [-0.4, -0.2) is 63.4 Å². The Hall–Kier alpha value is -0.710. The third-order valence-corrected chi connectivity index (χ3v) is 6.28. The number of hydrogen-bond acceptors (Lipinski definition) is 5. The Kier molecular flexibility index (Phi) is 5.30. The van der Waals surface area contributed by atoms with Gasteiger partial charge < -0.3 is 5.11 Å². The molecular formula is C9H18N2O6S2. The highest BCUT2D eigenvalue weighted by Crippen LogP contribution is 2.13. The zero-order chi connectivity index (χ0) is 14.7. The summed E-state index contributed by atoms with van der Waals surface area (Å²) in [6.45, 7) is -0.163. The molecule has 1 aliphatic rings. The molecule has 1 aliphatic heterocycles. The highest BCUT2D eigenvalue weighted by Gasteiger charge is 2.29. The molecule has 1 saturated heterocycles. The fourth-order valence-corrected chi connectivity index (χ4v) is 4.67. The third kappa shape index (κ3) is 5.43.